The molecule has 0 spiro atoms. The van der Waals surface area contributed by atoms with Crippen molar-refractivity contribution < 1.29 is 9.84 Å². The topological polar surface area (TPSA) is 80.4 Å². The van der Waals surface area contributed by atoms with Crippen LogP contribution in [0.1, 0.15) is 6.42 Å². The molecule has 0 bridgehead atoms. The molecule has 0 aliphatic heterocycles. The molecule has 19 heavy (non-hydrogen) atoms. The molecule has 102 valence electrons. The summed E-state index contributed by atoms with van der Waals surface area (Å²) < 4.78 is 5.20. The Bertz CT molecular complexity index is 531. The number of nitrogens with two attached hydrogens (primary N) is 1. The van der Waals surface area contributed by atoms with Gasteiger partial charge in [0.25, 0.3) is 0 Å². The minimum Gasteiger partial charge on any atom is -0.397 e. The van der Waals surface area contributed by atoms with Gasteiger partial charge in [0, 0.05) is 30.4 Å². The summed E-state index contributed by atoms with van der Waals surface area (Å²) in [4.78, 5) is 4.29. The fourth-order valence-electron chi connectivity index (χ4n) is 1.92. The van der Waals surface area contributed by atoms with E-state index in [9.17, 15) is 0 Å². The van der Waals surface area contributed by atoms with Crippen LogP contribution in [0.5, 0.6) is 0 Å². The predicted octanol–water partition coefficient (Wildman–Crippen LogP) is 1.63. The van der Waals surface area contributed by atoms with E-state index in [4.69, 9.17) is 15.6 Å². The Hall–Kier alpha value is -1.85. The Morgan fingerprint density at radius 2 is 2.16 bits per heavy atom. The number of nitrogen functional groups attached to an aromatic ring is 1. The van der Waals surface area contributed by atoms with E-state index in [-0.39, 0.29) is 6.61 Å². The predicted molar refractivity (Wildman–Crippen MR) is 77.2 cm³/mol. The van der Waals surface area contributed by atoms with Crippen molar-refractivity contribution in [2.75, 3.05) is 37.4 Å². The van der Waals surface area contributed by atoms with E-state index in [1.807, 2.05) is 24.3 Å². The number of rotatable bonds is 7. The number of ether oxygens (including phenoxy) is 1. The molecule has 1 aromatic heterocycles. The van der Waals surface area contributed by atoms with Crippen molar-refractivity contribution in [1.29, 1.82) is 0 Å². The molecular weight excluding hydrogens is 242 g/mol. The zero-order valence-electron chi connectivity index (χ0n) is 10.8. The largest absolute Gasteiger partial charge is 0.397 e. The molecule has 0 aliphatic rings. The summed E-state index contributed by atoms with van der Waals surface area (Å²) >= 11 is 0. The lowest BCUT2D eigenvalue weighted by Crippen LogP contribution is -2.08. The number of hydrogen-bond acceptors (Lipinski definition) is 5. The molecule has 0 saturated carbocycles. The molecule has 4 N–H and O–H groups in total. The Kier molecular flexibility index (Phi) is 4.94. The molecular formula is C14H19N3O2. The highest BCUT2D eigenvalue weighted by Gasteiger charge is 2.03. The second-order valence-corrected chi connectivity index (χ2v) is 4.22. The summed E-state index contributed by atoms with van der Waals surface area (Å²) in [7, 11) is 0. The zero-order valence-corrected chi connectivity index (χ0v) is 10.8. The lowest BCUT2D eigenvalue weighted by molar-refractivity contribution is 0.0922. The average molecular weight is 261 g/mol. The van der Waals surface area contributed by atoms with Gasteiger partial charge in [0.05, 0.1) is 24.4 Å². The SMILES string of the molecule is Nc1cccc2c(NCCCOCCO)ccnc12. The van der Waals surface area contributed by atoms with Crippen LogP contribution >= 0.6 is 0 Å². The fraction of sp³-hybridized carbons (Fsp3) is 0.357. The van der Waals surface area contributed by atoms with Crippen LogP contribution in [0.15, 0.2) is 30.5 Å². The molecule has 2 rings (SSSR count). The first-order valence-corrected chi connectivity index (χ1v) is 6.38. The number of aliphatic hydroxyl groups excluding tert-OH is 1. The van der Waals surface area contributed by atoms with Crippen LogP contribution in [0.4, 0.5) is 11.4 Å². The second kappa shape index (κ2) is 6.92. The highest BCUT2D eigenvalue weighted by atomic mass is 16.5. The molecule has 0 saturated heterocycles. The number of aliphatic hydroxyl groups is 1. The van der Waals surface area contributed by atoms with Crippen LogP contribution in [0.2, 0.25) is 0 Å². The van der Waals surface area contributed by atoms with Crippen LogP contribution in [-0.4, -0.2) is 36.5 Å². The first-order chi connectivity index (χ1) is 9.33. The summed E-state index contributed by atoms with van der Waals surface area (Å²) in [5.74, 6) is 0. The molecule has 0 amide bonds. The zero-order chi connectivity index (χ0) is 13.5. The third kappa shape index (κ3) is 3.56. The summed E-state index contributed by atoms with van der Waals surface area (Å²) in [6, 6.07) is 7.72. The summed E-state index contributed by atoms with van der Waals surface area (Å²) in [5.41, 5.74) is 8.44. The number of benzene rings is 1. The van der Waals surface area contributed by atoms with E-state index in [2.05, 4.69) is 10.3 Å². The number of fused-ring (bicyclic) bond motifs is 1. The third-order valence-corrected chi connectivity index (χ3v) is 2.82. The second-order valence-electron chi connectivity index (χ2n) is 4.22. The van der Waals surface area contributed by atoms with Gasteiger partial charge in [0.1, 0.15) is 0 Å². The molecule has 1 heterocycles. The van der Waals surface area contributed by atoms with Crippen LogP contribution in [0.3, 0.4) is 0 Å². The first kappa shape index (κ1) is 13.6. The fourth-order valence-corrected chi connectivity index (χ4v) is 1.92. The number of aromatic nitrogens is 1. The Balaban J connectivity index is 1.95. The van der Waals surface area contributed by atoms with Crippen molar-refractivity contribution in [3.05, 3.63) is 30.5 Å². The van der Waals surface area contributed by atoms with Crippen LogP contribution in [-0.2, 0) is 4.74 Å². The monoisotopic (exact) mass is 261 g/mol. The van der Waals surface area contributed by atoms with Gasteiger partial charge in [0.2, 0.25) is 0 Å². The van der Waals surface area contributed by atoms with Gasteiger partial charge in [-0.25, -0.2) is 0 Å². The molecule has 0 fully saturated rings. The van der Waals surface area contributed by atoms with Gasteiger partial charge in [-0.15, -0.1) is 0 Å². The molecule has 0 aliphatic carbocycles. The standard InChI is InChI=1S/C14H19N3O2/c15-12-4-1-3-11-13(5-7-17-14(11)12)16-6-2-9-19-10-8-18/h1,3-5,7,18H,2,6,8-10,15H2,(H,16,17). The van der Waals surface area contributed by atoms with E-state index >= 15 is 0 Å². The molecule has 0 radical (unpaired) electrons. The van der Waals surface area contributed by atoms with Crippen LogP contribution in [0.25, 0.3) is 10.9 Å². The van der Waals surface area contributed by atoms with Crippen molar-refractivity contribution >= 4 is 22.3 Å². The van der Waals surface area contributed by atoms with Crippen LogP contribution < -0.4 is 11.1 Å². The van der Waals surface area contributed by atoms with E-state index in [0.717, 1.165) is 29.6 Å². The van der Waals surface area contributed by atoms with Crippen molar-refractivity contribution in [1.82, 2.24) is 4.98 Å². The highest BCUT2D eigenvalue weighted by Crippen LogP contribution is 2.25. The Labute approximate surface area is 112 Å². The maximum atomic E-state index is 8.59. The normalized spacial score (nSPS) is 10.8. The third-order valence-electron chi connectivity index (χ3n) is 2.82. The van der Waals surface area contributed by atoms with E-state index in [1.165, 1.54) is 0 Å². The van der Waals surface area contributed by atoms with Gasteiger partial charge in [-0.1, -0.05) is 12.1 Å². The minimum atomic E-state index is 0.0711. The Morgan fingerprint density at radius 1 is 1.26 bits per heavy atom. The average Bonchev–Trinajstić information content (AvgIpc) is 2.43. The van der Waals surface area contributed by atoms with Crippen molar-refractivity contribution in [3.8, 4) is 0 Å². The number of hydrogen-bond donors (Lipinski definition) is 3. The molecule has 2 aromatic rings. The summed E-state index contributed by atoms with van der Waals surface area (Å²) in [6.45, 7) is 1.91. The maximum absolute atomic E-state index is 8.59. The van der Waals surface area contributed by atoms with Crippen molar-refractivity contribution in [2.45, 2.75) is 6.42 Å². The van der Waals surface area contributed by atoms with Crippen molar-refractivity contribution in [3.63, 3.8) is 0 Å². The first-order valence-electron chi connectivity index (χ1n) is 6.38. The summed E-state index contributed by atoms with van der Waals surface area (Å²) in [5, 5.41) is 13.0. The van der Waals surface area contributed by atoms with Crippen molar-refractivity contribution in [2.24, 2.45) is 0 Å². The van der Waals surface area contributed by atoms with Crippen LogP contribution in [0, 0.1) is 0 Å². The number of nitrogens with one attached hydrogen (secondary N) is 1. The molecule has 5 heteroatoms. The van der Waals surface area contributed by atoms with Gasteiger partial charge in [-0.05, 0) is 18.6 Å². The lowest BCUT2D eigenvalue weighted by atomic mass is 10.1. The number of anilines is 2. The molecule has 1 aromatic carbocycles. The quantitative estimate of drug-likeness (QED) is 0.521. The van der Waals surface area contributed by atoms with E-state index < -0.39 is 0 Å². The van der Waals surface area contributed by atoms with Gasteiger partial charge >= 0.3 is 0 Å². The molecule has 0 unspecified atom stereocenters. The number of para-hydroxylation sites is 1. The van der Waals surface area contributed by atoms with Gasteiger partial charge in [-0.2, -0.15) is 0 Å². The number of pyridine rings is 1. The van der Waals surface area contributed by atoms with E-state index in [1.54, 1.807) is 6.20 Å². The Morgan fingerprint density at radius 3 is 3.00 bits per heavy atom. The lowest BCUT2D eigenvalue weighted by Gasteiger charge is -2.10. The van der Waals surface area contributed by atoms with Gasteiger partial charge in [0.15, 0.2) is 0 Å². The molecule has 0 atom stereocenters. The van der Waals surface area contributed by atoms with Gasteiger partial charge < -0.3 is 20.9 Å². The minimum absolute atomic E-state index is 0.0711. The highest BCUT2D eigenvalue weighted by molar-refractivity contribution is 5.97. The smallest absolute Gasteiger partial charge is 0.0951 e. The summed E-state index contributed by atoms with van der Waals surface area (Å²) in [6.07, 6.45) is 2.63. The van der Waals surface area contributed by atoms with Gasteiger partial charge in [-0.3, -0.25) is 4.98 Å². The van der Waals surface area contributed by atoms with E-state index in [0.29, 0.717) is 18.9 Å². The maximum Gasteiger partial charge on any atom is 0.0951 e. The number of nitrogens with zero attached hydrogens (tertiary/aromatic N) is 1. The molecule has 5 nitrogen and oxygen atoms in total.